The van der Waals surface area contributed by atoms with Gasteiger partial charge in [0.2, 0.25) is 21.8 Å². The van der Waals surface area contributed by atoms with E-state index in [-0.39, 0.29) is 27.8 Å². The first kappa shape index (κ1) is 21.5. The molecule has 2 aromatic carbocycles. The Morgan fingerprint density at radius 2 is 1.77 bits per heavy atom. The zero-order valence-electron chi connectivity index (χ0n) is 15.9. The van der Waals surface area contributed by atoms with Gasteiger partial charge in [-0.15, -0.1) is 10.2 Å². The van der Waals surface area contributed by atoms with Crippen LogP contribution in [0, 0.1) is 0 Å². The van der Waals surface area contributed by atoms with E-state index in [9.17, 15) is 13.2 Å². The van der Waals surface area contributed by atoms with Gasteiger partial charge in [-0.1, -0.05) is 29.3 Å². The molecular formula is C20H16Cl2N4O4S. The minimum atomic E-state index is -3.79. The summed E-state index contributed by atoms with van der Waals surface area (Å²) in [6.45, 7) is 0.426. The number of carbonyl (C=O) groups excluding carboxylic acids is 1. The van der Waals surface area contributed by atoms with E-state index in [1.165, 1.54) is 12.1 Å². The van der Waals surface area contributed by atoms with Crippen molar-refractivity contribution in [2.75, 3.05) is 11.4 Å². The highest BCUT2D eigenvalue weighted by molar-refractivity contribution is 7.89. The molecular weight excluding hydrogens is 463 g/mol. The molecule has 160 valence electrons. The SMILES string of the molecule is NS(=O)(=O)c1ccc(N2C[C@@H](c3ccc(Cl)c(Oc4ccc(Cl)nn4)c3)CC2=O)cc1. The molecule has 11 heteroatoms. The van der Waals surface area contributed by atoms with Crippen LogP contribution in [0.1, 0.15) is 17.9 Å². The van der Waals surface area contributed by atoms with Crippen LogP contribution in [-0.2, 0) is 14.8 Å². The molecule has 1 atom stereocenters. The van der Waals surface area contributed by atoms with Crippen LogP contribution in [0.2, 0.25) is 10.2 Å². The molecule has 1 amide bonds. The first-order valence-corrected chi connectivity index (χ1v) is 11.4. The minimum absolute atomic E-state index is 0.00997. The number of halogens is 2. The molecule has 2 heterocycles. The highest BCUT2D eigenvalue weighted by Crippen LogP contribution is 2.37. The van der Waals surface area contributed by atoms with E-state index in [2.05, 4.69) is 10.2 Å². The molecule has 0 saturated carbocycles. The van der Waals surface area contributed by atoms with Crippen LogP contribution in [0.25, 0.3) is 0 Å². The van der Waals surface area contributed by atoms with Gasteiger partial charge >= 0.3 is 0 Å². The second-order valence-electron chi connectivity index (χ2n) is 6.93. The van der Waals surface area contributed by atoms with E-state index >= 15 is 0 Å². The second-order valence-corrected chi connectivity index (χ2v) is 9.29. The molecule has 0 radical (unpaired) electrons. The molecule has 1 aliphatic heterocycles. The van der Waals surface area contributed by atoms with Crippen molar-refractivity contribution in [2.24, 2.45) is 5.14 Å². The lowest BCUT2D eigenvalue weighted by molar-refractivity contribution is -0.117. The molecule has 8 nitrogen and oxygen atoms in total. The Morgan fingerprint density at radius 3 is 2.42 bits per heavy atom. The number of hydrogen-bond acceptors (Lipinski definition) is 6. The number of nitrogens with two attached hydrogens (primary N) is 1. The van der Waals surface area contributed by atoms with Crippen molar-refractivity contribution in [3.63, 3.8) is 0 Å². The van der Waals surface area contributed by atoms with E-state index in [0.29, 0.717) is 29.4 Å². The summed E-state index contributed by atoms with van der Waals surface area (Å²) in [5.41, 5.74) is 1.47. The summed E-state index contributed by atoms with van der Waals surface area (Å²) < 4.78 is 28.6. The zero-order chi connectivity index (χ0) is 22.2. The summed E-state index contributed by atoms with van der Waals surface area (Å²) in [5.74, 6) is 0.456. The van der Waals surface area contributed by atoms with Gasteiger partial charge in [-0.05, 0) is 48.0 Å². The van der Waals surface area contributed by atoms with E-state index < -0.39 is 10.0 Å². The van der Waals surface area contributed by atoms with Crippen LogP contribution in [0.4, 0.5) is 5.69 Å². The van der Waals surface area contributed by atoms with Crippen molar-refractivity contribution in [1.82, 2.24) is 10.2 Å². The van der Waals surface area contributed by atoms with Crippen molar-refractivity contribution in [2.45, 2.75) is 17.2 Å². The van der Waals surface area contributed by atoms with Crippen LogP contribution in [0.5, 0.6) is 11.6 Å². The number of aromatic nitrogens is 2. The predicted octanol–water partition coefficient (Wildman–Crippen LogP) is 3.74. The number of rotatable bonds is 5. The highest BCUT2D eigenvalue weighted by atomic mass is 35.5. The second kappa shape index (κ2) is 8.43. The fourth-order valence-electron chi connectivity index (χ4n) is 3.32. The summed E-state index contributed by atoms with van der Waals surface area (Å²) in [5, 5.41) is 13.3. The Hall–Kier alpha value is -2.72. The smallest absolute Gasteiger partial charge is 0.239 e. The summed E-state index contributed by atoms with van der Waals surface area (Å²) in [7, 11) is -3.79. The average Bonchev–Trinajstić information content (AvgIpc) is 3.12. The first-order chi connectivity index (χ1) is 14.7. The Morgan fingerprint density at radius 1 is 1.03 bits per heavy atom. The lowest BCUT2D eigenvalue weighted by Crippen LogP contribution is -2.24. The molecule has 0 bridgehead atoms. The van der Waals surface area contributed by atoms with E-state index in [0.717, 1.165) is 5.56 Å². The molecule has 3 aromatic rings. The number of carbonyl (C=O) groups is 1. The van der Waals surface area contributed by atoms with Crippen LogP contribution in [0.3, 0.4) is 0 Å². The van der Waals surface area contributed by atoms with Crippen molar-refractivity contribution >= 4 is 44.8 Å². The average molecular weight is 479 g/mol. The highest BCUT2D eigenvalue weighted by Gasteiger charge is 2.32. The fraction of sp³-hybridized carbons (Fsp3) is 0.150. The number of anilines is 1. The largest absolute Gasteiger partial charge is 0.436 e. The molecule has 0 aliphatic carbocycles. The Kier molecular flexibility index (Phi) is 5.85. The maximum Gasteiger partial charge on any atom is 0.239 e. The maximum atomic E-state index is 12.6. The van der Waals surface area contributed by atoms with Gasteiger partial charge in [0.1, 0.15) is 5.75 Å². The number of sulfonamides is 1. The standard InChI is InChI=1S/C20H16Cl2N4O4S/c21-16-6-1-12(9-17(16)30-19-8-7-18(22)24-25-19)13-10-20(27)26(11-13)14-2-4-15(5-3-14)31(23,28)29/h1-9,13H,10-11H2,(H2,23,28,29)/t13-/m0/s1. The predicted molar refractivity (Wildman–Crippen MR) is 116 cm³/mol. The quantitative estimate of drug-likeness (QED) is 0.596. The van der Waals surface area contributed by atoms with Gasteiger partial charge in [-0.25, -0.2) is 13.6 Å². The van der Waals surface area contributed by atoms with E-state index in [1.54, 1.807) is 41.3 Å². The van der Waals surface area contributed by atoms with E-state index in [1.807, 2.05) is 6.07 Å². The molecule has 4 rings (SSSR count). The Labute approximate surface area is 188 Å². The summed E-state index contributed by atoms with van der Waals surface area (Å²) in [4.78, 5) is 14.2. The number of hydrogen-bond donors (Lipinski definition) is 1. The van der Waals surface area contributed by atoms with Crippen molar-refractivity contribution in [3.05, 3.63) is 70.3 Å². The Bertz CT molecular complexity index is 1240. The van der Waals surface area contributed by atoms with Crippen LogP contribution >= 0.6 is 23.2 Å². The molecule has 1 aliphatic rings. The molecule has 0 unspecified atom stereocenters. The number of ether oxygens (including phenoxy) is 1. The zero-order valence-corrected chi connectivity index (χ0v) is 18.2. The minimum Gasteiger partial charge on any atom is -0.436 e. The van der Waals surface area contributed by atoms with E-state index in [4.69, 9.17) is 33.1 Å². The van der Waals surface area contributed by atoms with Crippen LogP contribution in [-0.4, -0.2) is 31.1 Å². The van der Waals surface area contributed by atoms with Gasteiger partial charge in [0.25, 0.3) is 0 Å². The lowest BCUT2D eigenvalue weighted by Gasteiger charge is -2.17. The van der Waals surface area contributed by atoms with Gasteiger partial charge in [0, 0.05) is 30.6 Å². The van der Waals surface area contributed by atoms with Crippen molar-refractivity contribution in [3.8, 4) is 11.6 Å². The first-order valence-electron chi connectivity index (χ1n) is 9.10. The third kappa shape index (κ3) is 4.80. The summed E-state index contributed by atoms with van der Waals surface area (Å²) in [6.07, 6.45) is 0.290. The number of amides is 1. The van der Waals surface area contributed by atoms with Crippen molar-refractivity contribution in [1.29, 1.82) is 0 Å². The monoisotopic (exact) mass is 478 g/mol. The Balaban J connectivity index is 1.54. The van der Waals surface area contributed by atoms with Gasteiger partial charge < -0.3 is 9.64 Å². The summed E-state index contributed by atoms with van der Waals surface area (Å²) >= 11 is 12.0. The third-order valence-corrected chi connectivity index (χ3v) is 6.29. The molecule has 1 aromatic heterocycles. The van der Waals surface area contributed by atoms with Crippen molar-refractivity contribution < 1.29 is 17.9 Å². The molecule has 1 fully saturated rings. The lowest BCUT2D eigenvalue weighted by atomic mass is 9.98. The number of benzene rings is 2. The van der Waals surface area contributed by atoms with Crippen LogP contribution < -0.4 is 14.8 Å². The maximum absolute atomic E-state index is 12.6. The molecule has 31 heavy (non-hydrogen) atoms. The van der Waals surface area contributed by atoms with Gasteiger partial charge in [-0.2, -0.15) is 0 Å². The third-order valence-electron chi connectivity index (χ3n) is 4.85. The van der Waals surface area contributed by atoms with Gasteiger partial charge in [0.15, 0.2) is 5.15 Å². The van der Waals surface area contributed by atoms with Gasteiger partial charge in [0.05, 0.1) is 9.92 Å². The topological polar surface area (TPSA) is 115 Å². The summed E-state index contributed by atoms with van der Waals surface area (Å²) in [6, 6.07) is 14.3. The number of primary sulfonamides is 1. The molecule has 0 spiro atoms. The van der Waals surface area contributed by atoms with Gasteiger partial charge in [-0.3, -0.25) is 4.79 Å². The fourth-order valence-corrected chi connectivity index (χ4v) is 4.09. The molecule has 1 saturated heterocycles. The number of nitrogens with zero attached hydrogens (tertiary/aromatic N) is 3. The molecule has 2 N–H and O–H groups in total. The van der Waals surface area contributed by atoms with Crippen LogP contribution in [0.15, 0.2) is 59.5 Å². The normalized spacial score (nSPS) is 16.5.